The second kappa shape index (κ2) is 8.90. The molecule has 2 atom stereocenters. The summed E-state index contributed by atoms with van der Waals surface area (Å²) in [5.74, 6) is 1.33. The number of rotatable bonds is 9. The number of nitrogens with one attached hydrogen (secondary N) is 1. The van der Waals surface area contributed by atoms with Crippen LogP contribution >= 0.6 is 0 Å². The molecule has 0 aromatic rings. The first-order valence-corrected chi connectivity index (χ1v) is 6.76. The average molecular weight is 244 g/mol. The van der Waals surface area contributed by atoms with E-state index in [4.69, 9.17) is 4.74 Å². The normalized spacial score (nSPS) is 15.9. The van der Waals surface area contributed by atoms with Gasteiger partial charge in [-0.25, -0.2) is 0 Å². The molecule has 0 saturated carbocycles. The molecule has 17 heavy (non-hydrogen) atoms. The highest BCUT2D eigenvalue weighted by molar-refractivity contribution is 4.79. The molecular weight excluding hydrogens is 212 g/mol. The van der Waals surface area contributed by atoms with Crippen LogP contribution in [-0.4, -0.2) is 51.3 Å². The number of hydrogen-bond donors (Lipinski definition) is 1. The zero-order valence-corrected chi connectivity index (χ0v) is 12.8. The third-order valence-corrected chi connectivity index (χ3v) is 2.94. The van der Waals surface area contributed by atoms with Crippen LogP contribution in [0.4, 0.5) is 0 Å². The minimum Gasteiger partial charge on any atom is -0.383 e. The van der Waals surface area contributed by atoms with Gasteiger partial charge in [0, 0.05) is 25.7 Å². The van der Waals surface area contributed by atoms with Crippen LogP contribution in [-0.2, 0) is 4.74 Å². The van der Waals surface area contributed by atoms with Crippen molar-refractivity contribution in [3.05, 3.63) is 0 Å². The van der Waals surface area contributed by atoms with Crippen molar-refractivity contribution < 1.29 is 4.74 Å². The Hall–Kier alpha value is -0.120. The zero-order valence-electron chi connectivity index (χ0n) is 12.8. The lowest BCUT2D eigenvalue weighted by Crippen LogP contribution is -2.48. The van der Waals surface area contributed by atoms with E-state index in [1.807, 2.05) is 0 Å². The molecule has 2 unspecified atom stereocenters. The molecule has 0 fully saturated rings. The van der Waals surface area contributed by atoms with Crippen molar-refractivity contribution in [2.75, 3.05) is 34.4 Å². The number of hydrogen-bond acceptors (Lipinski definition) is 3. The largest absolute Gasteiger partial charge is 0.383 e. The van der Waals surface area contributed by atoms with Gasteiger partial charge in [-0.05, 0) is 32.4 Å². The Balaban J connectivity index is 4.35. The molecule has 0 radical (unpaired) electrons. The van der Waals surface area contributed by atoms with Crippen LogP contribution in [0.5, 0.6) is 0 Å². The maximum atomic E-state index is 5.30. The molecule has 0 aliphatic carbocycles. The van der Waals surface area contributed by atoms with Crippen LogP contribution in [0.2, 0.25) is 0 Å². The minimum atomic E-state index is 0.448. The smallest absolute Gasteiger partial charge is 0.0618 e. The van der Waals surface area contributed by atoms with Gasteiger partial charge in [0.2, 0.25) is 0 Å². The van der Waals surface area contributed by atoms with Gasteiger partial charge in [0.1, 0.15) is 0 Å². The predicted molar refractivity (Wildman–Crippen MR) is 75.4 cm³/mol. The lowest BCUT2D eigenvalue weighted by atomic mass is 9.99. The zero-order chi connectivity index (χ0) is 13.4. The summed E-state index contributed by atoms with van der Waals surface area (Å²) in [5.41, 5.74) is 0. The number of ether oxygens (including phenoxy) is 1. The van der Waals surface area contributed by atoms with Crippen molar-refractivity contribution in [3.63, 3.8) is 0 Å². The molecule has 0 saturated heterocycles. The van der Waals surface area contributed by atoms with E-state index in [0.29, 0.717) is 18.0 Å². The van der Waals surface area contributed by atoms with Crippen molar-refractivity contribution >= 4 is 0 Å². The Morgan fingerprint density at radius 2 is 1.71 bits per heavy atom. The van der Waals surface area contributed by atoms with E-state index >= 15 is 0 Å². The summed E-state index contributed by atoms with van der Waals surface area (Å²) in [6.07, 6.45) is 1.21. The van der Waals surface area contributed by atoms with Crippen molar-refractivity contribution in [3.8, 4) is 0 Å². The van der Waals surface area contributed by atoms with E-state index in [9.17, 15) is 0 Å². The highest BCUT2D eigenvalue weighted by Gasteiger charge is 2.19. The van der Waals surface area contributed by atoms with Gasteiger partial charge >= 0.3 is 0 Å². The Labute approximate surface area is 108 Å². The van der Waals surface area contributed by atoms with Gasteiger partial charge in [-0.2, -0.15) is 0 Å². The van der Waals surface area contributed by atoms with Gasteiger partial charge in [-0.15, -0.1) is 0 Å². The molecule has 0 aliphatic rings. The second-order valence-corrected chi connectivity index (χ2v) is 6.06. The summed E-state index contributed by atoms with van der Waals surface area (Å²) in [6.45, 7) is 10.9. The fourth-order valence-corrected chi connectivity index (χ4v) is 2.12. The maximum absolute atomic E-state index is 5.30. The standard InChI is InChI=1S/C14H32N2O/c1-11(2)8-13(9-16(5)6)15-14(10-17-7)12(3)4/h11-15H,8-10H2,1-7H3. The van der Waals surface area contributed by atoms with Gasteiger partial charge in [0.15, 0.2) is 0 Å². The predicted octanol–water partition coefficient (Wildman–Crippen LogP) is 2.22. The average Bonchev–Trinajstić information content (AvgIpc) is 2.14. The fourth-order valence-electron chi connectivity index (χ4n) is 2.12. The SMILES string of the molecule is COCC(NC(CC(C)C)CN(C)C)C(C)C. The number of methoxy groups -OCH3 is 1. The van der Waals surface area contributed by atoms with Crippen LogP contribution < -0.4 is 5.32 Å². The monoisotopic (exact) mass is 244 g/mol. The Morgan fingerprint density at radius 3 is 2.06 bits per heavy atom. The molecular formula is C14H32N2O. The van der Waals surface area contributed by atoms with Crippen LogP contribution in [0.3, 0.4) is 0 Å². The number of nitrogens with zero attached hydrogens (tertiary/aromatic N) is 1. The first kappa shape index (κ1) is 16.9. The molecule has 3 nitrogen and oxygen atoms in total. The summed E-state index contributed by atoms with van der Waals surface area (Å²) in [4.78, 5) is 2.25. The summed E-state index contributed by atoms with van der Waals surface area (Å²) in [7, 11) is 6.05. The van der Waals surface area contributed by atoms with Crippen LogP contribution in [0, 0.1) is 11.8 Å². The van der Waals surface area contributed by atoms with E-state index in [1.165, 1.54) is 6.42 Å². The first-order chi connectivity index (χ1) is 7.86. The molecule has 0 aromatic heterocycles. The molecule has 0 aromatic carbocycles. The van der Waals surface area contributed by atoms with E-state index in [-0.39, 0.29) is 0 Å². The van der Waals surface area contributed by atoms with Crippen LogP contribution in [0.1, 0.15) is 34.1 Å². The van der Waals surface area contributed by atoms with Gasteiger partial charge in [-0.1, -0.05) is 27.7 Å². The fraction of sp³-hybridized carbons (Fsp3) is 1.00. The van der Waals surface area contributed by atoms with Gasteiger partial charge in [-0.3, -0.25) is 0 Å². The molecule has 0 aliphatic heterocycles. The first-order valence-electron chi connectivity index (χ1n) is 6.76. The molecule has 0 spiro atoms. The van der Waals surface area contributed by atoms with Crippen molar-refractivity contribution in [1.29, 1.82) is 0 Å². The van der Waals surface area contributed by atoms with Gasteiger partial charge in [0.05, 0.1) is 6.61 Å². The van der Waals surface area contributed by atoms with Gasteiger partial charge in [0.25, 0.3) is 0 Å². The van der Waals surface area contributed by atoms with E-state index in [0.717, 1.165) is 19.1 Å². The molecule has 1 N–H and O–H groups in total. The quantitative estimate of drug-likeness (QED) is 0.673. The third kappa shape index (κ3) is 8.58. The molecule has 0 heterocycles. The molecule has 0 bridgehead atoms. The van der Waals surface area contributed by atoms with E-state index in [1.54, 1.807) is 7.11 Å². The van der Waals surface area contributed by atoms with E-state index < -0.39 is 0 Å². The van der Waals surface area contributed by atoms with Gasteiger partial charge < -0.3 is 15.0 Å². The molecule has 3 heteroatoms. The second-order valence-electron chi connectivity index (χ2n) is 6.06. The Kier molecular flexibility index (Phi) is 8.83. The van der Waals surface area contributed by atoms with E-state index in [2.05, 4.69) is 52.0 Å². The molecule has 0 rings (SSSR count). The topological polar surface area (TPSA) is 24.5 Å². The Morgan fingerprint density at radius 1 is 1.12 bits per heavy atom. The molecule has 104 valence electrons. The van der Waals surface area contributed by atoms with Crippen molar-refractivity contribution in [1.82, 2.24) is 10.2 Å². The summed E-state index contributed by atoms with van der Waals surface area (Å²) in [6, 6.07) is 0.997. The van der Waals surface area contributed by atoms with Crippen molar-refractivity contribution in [2.45, 2.75) is 46.2 Å². The highest BCUT2D eigenvalue weighted by atomic mass is 16.5. The van der Waals surface area contributed by atoms with Crippen LogP contribution in [0.15, 0.2) is 0 Å². The number of likely N-dealkylation sites (N-methyl/N-ethyl adjacent to an activating group) is 1. The highest BCUT2D eigenvalue weighted by Crippen LogP contribution is 2.10. The van der Waals surface area contributed by atoms with Crippen molar-refractivity contribution in [2.24, 2.45) is 11.8 Å². The Bertz CT molecular complexity index is 171. The summed E-state index contributed by atoms with van der Waals surface area (Å²) >= 11 is 0. The summed E-state index contributed by atoms with van der Waals surface area (Å²) < 4.78 is 5.30. The lowest BCUT2D eigenvalue weighted by molar-refractivity contribution is 0.133. The molecule has 0 amide bonds. The lowest BCUT2D eigenvalue weighted by Gasteiger charge is -2.30. The van der Waals surface area contributed by atoms with Crippen LogP contribution in [0.25, 0.3) is 0 Å². The minimum absolute atomic E-state index is 0.448. The summed E-state index contributed by atoms with van der Waals surface area (Å²) in [5, 5.41) is 3.75. The maximum Gasteiger partial charge on any atom is 0.0618 e. The third-order valence-electron chi connectivity index (χ3n) is 2.94.